The van der Waals surface area contributed by atoms with Gasteiger partial charge >= 0.3 is 12.0 Å². The molecule has 0 aliphatic heterocycles. The van der Waals surface area contributed by atoms with Crippen molar-refractivity contribution in [2.24, 2.45) is 0 Å². The number of aliphatic carboxylic acids is 1. The van der Waals surface area contributed by atoms with Crippen LogP contribution in [0, 0.1) is 0 Å². The molecular weight excluding hydrogens is 454 g/mol. The standard InChI is InChI=1S/C29H35N3O4/c1-5-6-7-25(21-8-10-22(11-9-21)27(35)30-17-16-26(33)34)36-28-31-18-23(19-32-28)20-12-14-24(15-13-20)29(2,3)4/h8-15,18-19,25H,5-7,16-17H2,1-4H3,(H,30,35)(H,33,34). The number of hydrogen-bond donors (Lipinski definition) is 2. The van der Waals surface area contributed by atoms with E-state index in [-0.39, 0.29) is 30.4 Å². The van der Waals surface area contributed by atoms with E-state index in [0.29, 0.717) is 11.6 Å². The van der Waals surface area contributed by atoms with Crippen molar-refractivity contribution < 1.29 is 19.4 Å². The number of carboxylic acid groups (broad SMARTS) is 1. The molecule has 7 nitrogen and oxygen atoms in total. The average Bonchev–Trinajstić information content (AvgIpc) is 2.86. The van der Waals surface area contributed by atoms with Crippen LogP contribution in [0.1, 0.15) is 81.0 Å². The number of carbonyl (C=O) groups excluding carboxylic acids is 1. The Morgan fingerprint density at radius 1 is 0.972 bits per heavy atom. The molecule has 2 aromatic carbocycles. The van der Waals surface area contributed by atoms with E-state index in [9.17, 15) is 9.59 Å². The highest BCUT2D eigenvalue weighted by Crippen LogP contribution is 2.28. The second-order valence-corrected chi connectivity index (χ2v) is 9.85. The first-order valence-corrected chi connectivity index (χ1v) is 12.4. The molecule has 0 spiro atoms. The Balaban J connectivity index is 1.69. The van der Waals surface area contributed by atoms with Gasteiger partial charge in [0.15, 0.2) is 0 Å². The Kier molecular flexibility index (Phi) is 9.17. The van der Waals surface area contributed by atoms with Crippen LogP contribution in [0.5, 0.6) is 6.01 Å². The van der Waals surface area contributed by atoms with Crippen molar-refractivity contribution in [2.75, 3.05) is 6.54 Å². The van der Waals surface area contributed by atoms with Gasteiger partial charge in [0, 0.05) is 30.1 Å². The first-order chi connectivity index (χ1) is 17.2. The lowest BCUT2D eigenvalue weighted by Gasteiger charge is -2.19. The summed E-state index contributed by atoms with van der Waals surface area (Å²) in [4.78, 5) is 31.8. The summed E-state index contributed by atoms with van der Waals surface area (Å²) in [5.74, 6) is -1.25. The quantitative estimate of drug-likeness (QED) is 0.345. The van der Waals surface area contributed by atoms with Gasteiger partial charge in [0.1, 0.15) is 6.10 Å². The third kappa shape index (κ3) is 7.63. The topological polar surface area (TPSA) is 101 Å². The summed E-state index contributed by atoms with van der Waals surface area (Å²) in [6.07, 6.45) is 5.98. The molecule has 1 unspecified atom stereocenters. The molecule has 36 heavy (non-hydrogen) atoms. The second kappa shape index (κ2) is 12.3. The Labute approximate surface area is 213 Å². The number of amides is 1. The number of benzene rings is 2. The molecule has 0 aliphatic carbocycles. The Bertz CT molecular complexity index is 1140. The van der Waals surface area contributed by atoms with E-state index in [0.717, 1.165) is 36.0 Å². The second-order valence-electron chi connectivity index (χ2n) is 9.85. The molecule has 7 heteroatoms. The van der Waals surface area contributed by atoms with Gasteiger partial charge in [-0.1, -0.05) is 70.5 Å². The van der Waals surface area contributed by atoms with Gasteiger partial charge in [0.25, 0.3) is 5.91 Å². The van der Waals surface area contributed by atoms with Crippen molar-refractivity contribution >= 4 is 11.9 Å². The van der Waals surface area contributed by atoms with E-state index in [1.54, 1.807) is 24.5 Å². The zero-order valence-electron chi connectivity index (χ0n) is 21.5. The van der Waals surface area contributed by atoms with Crippen molar-refractivity contribution in [1.82, 2.24) is 15.3 Å². The first kappa shape index (κ1) is 26.9. The molecule has 0 radical (unpaired) electrons. The lowest BCUT2D eigenvalue weighted by atomic mass is 9.86. The van der Waals surface area contributed by atoms with E-state index in [2.05, 4.69) is 67.2 Å². The molecule has 3 rings (SSSR count). The van der Waals surface area contributed by atoms with Crippen LogP contribution >= 0.6 is 0 Å². The van der Waals surface area contributed by atoms with Crippen LogP contribution in [0.25, 0.3) is 11.1 Å². The third-order valence-corrected chi connectivity index (χ3v) is 5.95. The molecule has 1 atom stereocenters. The fraction of sp³-hybridized carbons (Fsp3) is 0.379. The van der Waals surface area contributed by atoms with E-state index < -0.39 is 5.97 Å². The third-order valence-electron chi connectivity index (χ3n) is 5.95. The summed E-state index contributed by atoms with van der Waals surface area (Å²) in [5.41, 5.74) is 4.74. The van der Waals surface area contributed by atoms with Crippen LogP contribution < -0.4 is 10.1 Å². The van der Waals surface area contributed by atoms with E-state index in [1.165, 1.54) is 5.56 Å². The number of nitrogens with zero attached hydrogens (tertiary/aromatic N) is 2. The molecule has 190 valence electrons. The predicted octanol–water partition coefficient (Wildman–Crippen LogP) is 5.96. The minimum absolute atomic E-state index is 0.0895. The smallest absolute Gasteiger partial charge is 0.316 e. The Morgan fingerprint density at radius 3 is 2.17 bits per heavy atom. The van der Waals surface area contributed by atoms with Crippen LogP contribution in [0.4, 0.5) is 0 Å². The summed E-state index contributed by atoms with van der Waals surface area (Å²) < 4.78 is 6.16. The van der Waals surface area contributed by atoms with Gasteiger partial charge in [-0.05, 0) is 47.1 Å². The molecule has 1 amide bonds. The largest absolute Gasteiger partial charge is 0.481 e. The summed E-state index contributed by atoms with van der Waals surface area (Å²) in [7, 11) is 0. The molecule has 0 saturated carbocycles. The highest BCUT2D eigenvalue weighted by Gasteiger charge is 2.17. The minimum Gasteiger partial charge on any atom is -0.481 e. The predicted molar refractivity (Wildman–Crippen MR) is 140 cm³/mol. The van der Waals surface area contributed by atoms with E-state index in [4.69, 9.17) is 9.84 Å². The van der Waals surface area contributed by atoms with Gasteiger partial charge in [0.2, 0.25) is 0 Å². The number of carboxylic acids is 1. The maximum Gasteiger partial charge on any atom is 0.316 e. The van der Waals surface area contributed by atoms with Gasteiger partial charge in [-0.25, -0.2) is 9.97 Å². The fourth-order valence-electron chi connectivity index (χ4n) is 3.73. The number of carbonyl (C=O) groups is 2. The van der Waals surface area contributed by atoms with E-state index >= 15 is 0 Å². The molecule has 0 fully saturated rings. The number of nitrogens with one attached hydrogen (secondary N) is 1. The summed E-state index contributed by atoms with van der Waals surface area (Å²) in [6, 6.07) is 15.9. The minimum atomic E-state index is -0.949. The van der Waals surface area contributed by atoms with Crippen molar-refractivity contribution in [1.29, 1.82) is 0 Å². The van der Waals surface area contributed by atoms with Gasteiger partial charge in [-0.15, -0.1) is 0 Å². The zero-order chi connectivity index (χ0) is 26.1. The molecule has 0 saturated heterocycles. The van der Waals surface area contributed by atoms with Crippen molar-refractivity contribution in [3.05, 3.63) is 77.6 Å². The molecule has 0 bridgehead atoms. The lowest BCUT2D eigenvalue weighted by molar-refractivity contribution is -0.136. The number of aromatic nitrogens is 2. The summed E-state index contributed by atoms with van der Waals surface area (Å²) >= 11 is 0. The maximum absolute atomic E-state index is 12.2. The number of hydrogen-bond acceptors (Lipinski definition) is 5. The normalized spacial score (nSPS) is 12.1. The van der Waals surface area contributed by atoms with Crippen molar-refractivity contribution in [3.8, 4) is 17.1 Å². The van der Waals surface area contributed by atoms with Crippen LogP contribution in [0.3, 0.4) is 0 Å². The molecular formula is C29H35N3O4. The Morgan fingerprint density at radius 2 is 1.61 bits per heavy atom. The monoisotopic (exact) mass is 489 g/mol. The summed E-state index contributed by atoms with van der Waals surface area (Å²) in [5, 5.41) is 11.3. The van der Waals surface area contributed by atoms with Crippen LogP contribution in [-0.2, 0) is 10.2 Å². The first-order valence-electron chi connectivity index (χ1n) is 12.4. The molecule has 0 aliphatic rings. The zero-order valence-corrected chi connectivity index (χ0v) is 21.5. The fourth-order valence-corrected chi connectivity index (χ4v) is 3.73. The van der Waals surface area contributed by atoms with Crippen LogP contribution in [0.2, 0.25) is 0 Å². The van der Waals surface area contributed by atoms with Crippen molar-refractivity contribution in [2.45, 2.75) is 64.9 Å². The van der Waals surface area contributed by atoms with Crippen LogP contribution in [0.15, 0.2) is 60.9 Å². The maximum atomic E-state index is 12.2. The highest BCUT2D eigenvalue weighted by atomic mass is 16.5. The SMILES string of the molecule is CCCCC(Oc1ncc(-c2ccc(C(C)(C)C)cc2)cn1)c1ccc(C(=O)NCCC(=O)O)cc1. The lowest BCUT2D eigenvalue weighted by Crippen LogP contribution is -2.26. The number of ether oxygens (including phenoxy) is 1. The molecule has 3 aromatic rings. The van der Waals surface area contributed by atoms with Crippen LogP contribution in [-0.4, -0.2) is 33.5 Å². The Hall–Kier alpha value is -3.74. The van der Waals surface area contributed by atoms with Gasteiger partial charge in [0.05, 0.1) is 6.42 Å². The van der Waals surface area contributed by atoms with Gasteiger partial charge in [-0.2, -0.15) is 0 Å². The molecule has 1 heterocycles. The molecule has 1 aromatic heterocycles. The summed E-state index contributed by atoms with van der Waals surface area (Å²) in [6.45, 7) is 8.79. The van der Waals surface area contributed by atoms with Gasteiger partial charge < -0.3 is 15.2 Å². The number of unbranched alkanes of at least 4 members (excludes halogenated alkanes) is 1. The van der Waals surface area contributed by atoms with Gasteiger partial charge in [-0.3, -0.25) is 9.59 Å². The molecule has 2 N–H and O–H groups in total. The average molecular weight is 490 g/mol. The van der Waals surface area contributed by atoms with E-state index in [1.807, 2.05) is 12.1 Å². The highest BCUT2D eigenvalue weighted by molar-refractivity contribution is 5.94. The van der Waals surface area contributed by atoms with Crippen molar-refractivity contribution in [3.63, 3.8) is 0 Å². The number of rotatable bonds is 11.